The van der Waals surface area contributed by atoms with Gasteiger partial charge >= 0.3 is 6.03 Å². The van der Waals surface area contributed by atoms with Gasteiger partial charge in [-0.3, -0.25) is 10.1 Å². The molecule has 5 nitrogen and oxygen atoms in total. The van der Waals surface area contributed by atoms with Gasteiger partial charge in [0.1, 0.15) is 5.75 Å². The molecule has 0 aromatic heterocycles. The molecule has 0 spiro atoms. The molecule has 26 heavy (non-hydrogen) atoms. The van der Waals surface area contributed by atoms with Crippen molar-refractivity contribution in [3.05, 3.63) is 65.2 Å². The molecule has 1 saturated heterocycles. The summed E-state index contributed by atoms with van der Waals surface area (Å²) in [6.07, 6.45) is 2.91. The Morgan fingerprint density at radius 3 is 2.27 bits per heavy atom. The number of aromatic hydroxyl groups is 1. The fourth-order valence-electron chi connectivity index (χ4n) is 3.26. The lowest BCUT2D eigenvalue weighted by atomic mass is 9.90. The minimum absolute atomic E-state index is 0.0866. The van der Waals surface area contributed by atoms with Gasteiger partial charge < -0.3 is 10.0 Å². The van der Waals surface area contributed by atoms with Crippen LogP contribution in [0.5, 0.6) is 5.75 Å². The summed E-state index contributed by atoms with van der Waals surface area (Å²) in [6.45, 7) is 3.40. The molecule has 1 aliphatic rings. The number of nitrogens with zero attached hydrogens (tertiary/aromatic N) is 1. The number of aryl methyl sites for hydroxylation is 1. The van der Waals surface area contributed by atoms with Gasteiger partial charge in [0.15, 0.2) is 0 Å². The summed E-state index contributed by atoms with van der Waals surface area (Å²) in [5.41, 5.74) is 2.95. The highest BCUT2D eigenvalue weighted by Gasteiger charge is 2.24. The standard InChI is InChI=1S/C21H24N2O3/c1-15-2-4-16(5-3-15)14-17-10-12-23(13-11-17)21(26)22-20(25)18-6-8-19(24)9-7-18/h2-9,17,24H,10-14H2,1H3,(H,22,25,26). The number of carbonyl (C=O) groups excluding carboxylic acids is 2. The zero-order chi connectivity index (χ0) is 18.5. The molecule has 136 valence electrons. The zero-order valence-corrected chi connectivity index (χ0v) is 14.9. The van der Waals surface area contributed by atoms with Gasteiger partial charge in [-0.1, -0.05) is 29.8 Å². The first-order valence-corrected chi connectivity index (χ1v) is 8.96. The second-order valence-electron chi connectivity index (χ2n) is 6.93. The van der Waals surface area contributed by atoms with Crippen LogP contribution in [0.25, 0.3) is 0 Å². The molecule has 5 heteroatoms. The van der Waals surface area contributed by atoms with Crippen LogP contribution in [0.4, 0.5) is 4.79 Å². The predicted molar refractivity (Wildman–Crippen MR) is 100 cm³/mol. The molecule has 1 heterocycles. The first kappa shape index (κ1) is 18.0. The highest BCUT2D eigenvalue weighted by molar-refractivity contribution is 6.04. The minimum atomic E-state index is -0.447. The Labute approximate surface area is 153 Å². The van der Waals surface area contributed by atoms with Crippen LogP contribution in [0, 0.1) is 12.8 Å². The third kappa shape index (κ3) is 4.63. The van der Waals surface area contributed by atoms with Crippen LogP contribution in [0.3, 0.4) is 0 Å². The summed E-state index contributed by atoms with van der Waals surface area (Å²) in [5.74, 6) is 0.204. The van der Waals surface area contributed by atoms with Crippen LogP contribution in [0.1, 0.15) is 34.3 Å². The molecule has 1 fully saturated rings. The number of likely N-dealkylation sites (tertiary alicyclic amines) is 1. The monoisotopic (exact) mass is 352 g/mol. The van der Waals surface area contributed by atoms with Crippen molar-refractivity contribution in [3.8, 4) is 5.75 Å². The van der Waals surface area contributed by atoms with Gasteiger partial charge in [-0.05, 0) is 61.9 Å². The predicted octanol–water partition coefficient (Wildman–Crippen LogP) is 3.51. The fraction of sp³-hybridized carbons (Fsp3) is 0.333. The van der Waals surface area contributed by atoms with Gasteiger partial charge in [0.05, 0.1) is 0 Å². The van der Waals surface area contributed by atoms with Crippen LogP contribution >= 0.6 is 0 Å². The number of phenolic OH excluding ortho intramolecular Hbond substituents is 1. The molecule has 3 rings (SSSR count). The maximum absolute atomic E-state index is 12.3. The lowest BCUT2D eigenvalue weighted by molar-refractivity contribution is 0.0945. The summed E-state index contributed by atoms with van der Waals surface area (Å²) in [5, 5.41) is 11.7. The normalized spacial score (nSPS) is 14.9. The van der Waals surface area contributed by atoms with E-state index >= 15 is 0 Å². The summed E-state index contributed by atoms with van der Waals surface area (Å²) in [6, 6.07) is 14.1. The number of amides is 3. The Bertz CT molecular complexity index is 761. The zero-order valence-electron chi connectivity index (χ0n) is 14.9. The Balaban J connectivity index is 1.48. The van der Waals surface area contributed by atoms with E-state index in [0.717, 1.165) is 19.3 Å². The van der Waals surface area contributed by atoms with Gasteiger partial charge in [0, 0.05) is 18.7 Å². The number of imide groups is 1. The summed E-state index contributed by atoms with van der Waals surface area (Å²) < 4.78 is 0. The van der Waals surface area contributed by atoms with E-state index in [0.29, 0.717) is 24.6 Å². The smallest absolute Gasteiger partial charge is 0.324 e. The first-order chi connectivity index (χ1) is 12.5. The molecule has 2 aromatic carbocycles. The molecule has 0 aliphatic carbocycles. The lowest BCUT2D eigenvalue weighted by Crippen LogP contribution is -2.46. The first-order valence-electron chi connectivity index (χ1n) is 8.96. The maximum atomic E-state index is 12.3. The second kappa shape index (κ2) is 8.04. The Kier molecular flexibility index (Phi) is 5.56. The van der Waals surface area contributed by atoms with E-state index in [4.69, 9.17) is 0 Å². The molecule has 0 radical (unpaired) electrons. The number of piperidine rings is 1. The minimum Gasteiger partial charge on any atom is -0.508 e. The third-order valence-corrected chi connectivity index (χ3v) is 4.90. The average Bonchev–Trinajstić information content (AvgIpc) is 2.64. The molecule has 0 atom stereocenters. The topological polar surface area (TPSA) is 69.6 Å². The largest absolute Gasteiger partial charge is 0.508 e. The van der Waals surface area contributed by atoms with Crippen molar-refractivity contribution >= 4 is 11.9 Å². The fourth-order valence-corrected chi connectivity index (χ4v) is 3.26. The quantitative estimate of drug-likeness (QED) is 0.888. The van der Waals surface area contributed by atoms with Gasteiger partial charge in [0.25, 0.3) is 5.91 Å². The molecule has 3 amide bonds. The highest BCUT2D eigenvalue weighted by Crippen LogP contribution is 2.22. The Morgan fingerprint density at radius 1 is 1.04 bits per heavy atom. The molecule has 2 N–H and O–H groups in total. The Morgan fingerprint density at radius 2 is 1.65 bits per heavy atom. The van der Waals surface area contributed by atoms with E-state index in [1.807, 2.05) is 0 Å². The molecular formula is C21H24N2O3. The van der Waals surface area contributed by atoms with Crippen LogP contribution in [0.15, 0.2) is 48.5 Å². The lowest BCUT2D eigenvalue weighted by Gasteiger charge is -2.31. The number of carbonyl (C=O) groups is 2. The summed E-state index contributed by atoms with van der Waals surface area (Å²) in [4.78, 5) is 26.1. The van der Waals surface area contributed by atoms with E-state index in [-0.39, 0.29) is 11.8 Å². The van der Waals surface area contributed by atoms with E-state index in [9.17, 15) is 14.7 Å². The van der Waals surface area contributed by atoms with Gasteiger partial charge in [-0.2, -0.15) is 0 Å². The number of hydrogen-bond acceptors (Lipinski definition) is 3. The maximum Gasteiger partial charge on any atom is 0.324 e. The molecule has 0 bridgehead atoms. The number of hydrogen-bond donors (Lipinski definition) is 2. The van der Waals surface area contributed by atoms with Gasteiger partial charge in [-0.25, -0.2) is 4.79 Å². The molecular weight excluding hydrogens is 328 g/mol. The Hall–Kier alpha value is -2.82. The van der Waals surface area contributed by atoms with E-state index in [2.05, 4.69) is 36.5 Å². The number of nitrogens with one attached hydrogen (secondary N) is 1. The van der Waals surface area contributed by atoms with Crippen molar-refractivity contribution in [2.45, 2.75) is 26.2 Å². The molecule has 0 saturated carbocycles. The number of rotatable bonds is 3. The van der Waals surface area contributed by atoms with E-state index < -0.39 is 5.91 Å². The van der Waals surface area contributed by atoms with Crippen molar-refractivity contribution in [2.75, 3.05) is 13.1 Å². The van der Waals surface area contributed by atoms with Crippen LogP contribution < -0.4 is 5.32 Å². The van der Waals surface area contributed by atoms with E-state index in [1.54, 1.807) is 4.90 Å². The highest BCUT2D eigenvalue weighted by atomic mass is 16.3. The van der Waals surface area contributed by atoms with Crippen molar-refractivity contribution in [1.82, 2.24) is 10.2 Å². The molecule has 2 aromatic rings. The van der Waals surface area contributed by atoms with Crippen LogP contribution in [-0.2, 0) is 6.42 Å². The van der Waals surface area contributed by atoms with Crippen molar-refractivity contribution in [3.63, 3.8) is 0 Å². The van der Waals surface area contributed by atoms with Gasteiger partial charge in [-0.15, -0.1) is 0 Å². The number of benzene rings is 2. The van der Waals surface area contributed by atoms with Crippen molar-refractivity contribution < 1.29 is 14.7 Å². The van der Waals surface area contributed by atoms with E-state index in [1.165, 1.54) is 35.4 Å². The average molecular weight is 352 g/mol. The van der Waals surface area contributed by atoms with Crippen molar-refractivity contribution in [2.24, 2.45) is 5.92 Å². The van der Waals surface area contributed by atoms with Crippen molar-refractivity contribution in [1.29, 1.82) is 0 Å². The van der Waals surface area contributed by atoms with Gasteiger partial charge in [0.2, 0.25) is 0 Å². The number of urea groups is 1. The van der Waals surface area contributed by atoms with Crippen LogP contribution in [-0.4, -0.2) is 35.0 Å². The third-order valence-electron chi connectivity index (χ3n) is 4.90. The summed E-state index contributed by atoms with van der Waals surface area (Å²) >= 11 is 0. The SMILES string of the molecule is Cc1ccc(CC2CCN(C(=O)NC(=O)c3ccc(O)cc3)CC2)cc1. The number of phenols is 1. The summed E-state index contributed by atoms with van der Waals surface area (Å²) in [7, 11) is 0. The molecule has 0 unspecified atom stereocenters. The van der Waals surface area contributed by atoms with Crippen LogP contribution in [0.2, 0.25) is 0 Å². The molecule has 1 aliphatic heterocycles. The second-order valence-corrected chi connectivity index (χ2v) is 6.93.